The Morgan fingerprint density at radius 3 is 2.33 bits per heavy atom. The van der Waals surface area contributed by atoms with Gasteiger partial charge in [0.2, 0.25) is 5.91 Å². The van der Waals surface area contributed by atoms with Gasteiger partial charge in [-0.15, -0.1) is 12.4 Å². The van der Waals surface area contributed by atoms with Crippen molar-refractivity contribution in [3.05, 3.63) is 29.3 Å². The lowest BCUT2D eigenvalue weighted by Gasteiger charge is -2.13. The molecule has 4 N–H and O–H groups in total. The van der Waals surface area contributed by atoms with Crippen LogP contribution in [0.3, 0.4) is 0 Å². The molecule has 21 heavy (non-hydrogen) atoms. The Labute approximate surface area is 132 Å². The van der Waals surface area contributed by atoms with Crippen molar-refractivity contribution in [2.75, 3.05) is 11.9 Å². The molecule has 1 atom stereocenters. The summed E-state index contributed by atoms with van der Waals surface area (Å²) in [5.74, 6) is -0.462. The van der Waals surface area contributed by atoms with Gasteiger partial charge < -0.3 is 16.4 Å². The highest BCUT2D eigenvalue weighted by Crippen LogP contribution is 2.16. The van der Waals surface area contributed by atoms with E-state index in [0.717, 1.165) is 5.56 Å². The summed E-state index contributed by atoms with van der Waals surface area (Å²) >= 11 is 0. The number of aryl methyl sites for hydroxylation is 1. The van der Waals surface area contributed by atoms with Gasteiger partial charge >= 0.3 is 0 Å². The van der Waals surface area contributed by atoms with Gasteiger partial charge in [-0.3, -0.25) is 9.59 Å². The molecular weight excluding hydrogens is 290 g/mol. The predicted octanol–water partition coefficient (Wildman–Crippen LogP) is 2.09. The molecule has 0 fully saturated rings. The van der Waals surface area contributed by atoms with Crippen molar-refractivity contribution in [2.24, 2.45) is 11.7 Å². The summed E-state index contributed by atoms with van der Waals surface area (Å²) in [5, 5.41) is 5.63. The van der Waals surface area contributed by atoms with Crippen LogP contribution in [0.5, 0.6) is 0 Å². The van der Waals surface area contributed by atoms with Gasteiger partial charge in [0.15, 0.2) is 0 Å². The Kier molecular flexibility index (Phi) is 7.99. The first-order chi connectivity index (χ1) is 9.35. The first-order valence-corrected chi connectivity index (χ1v) is 6.77. The smallest absolute Gasteiger partial charge is 0.251 e. The number of nitrogens with two attached hydrogens (primary N) is 1. The molecule has 1 aromatic carbocycles. The minimum atomic E-state index is -0.237. The molecule has 0 aliphatic heterocycles. The molecule has 1 rings (SSSR count). The molecule has 0 saturated heterocycles. The van der Waals surface area contributed by atoms with Crippen LogP contribution in [0.1, 0.15) is 36.7 Å². The number of rotatable bonds is 5. The van der Waals surface area contributed by atoms with E-state index in [9.17, 15) is 9.59 Å². The van der Waals surface area contributed by atoms with E-state index >= 15 is 0 Å². The second-order valence-electron chi connectivity index (χ2n) is 5.28. The summed E-state index contributed by atoms with van der Waals surface area (Å²) in [7, 11) is 0. The van der Waals surface area contributed by atoms with Crippen molar-refractivity contribution in [3.8, 4) is 0 Å². The zero-order chi connectivity index (χ0) is 15.3. The monoisotopic (exact) mass is 313 g/mol. The van der Waals surface area contributed by atoms with Crippen LogP contribution in [0.25, 0.3) is 0 Å². The quantitative estimate of drug-likeness (QED) is 0.778. The number of hydrogen-bond donors (Lipinski definition) is 3. The highest BCUT2D eigenvalue weighted by Gasteiger charge is 2.13. The first kappa shape index (κ1) is 19.4. The van der Waals surface area contributed by atoms with Gasteiger partial charge in [-0.2, -0.15) is 0 Å². The highest BCUT2D eigenvalue weighted by molar-refractivity contribution is 5.97. The Bertz CT molecular complexity index is 504. The van der Waals surface area contributed by atoms with Crippen LogP contribution in [0.2, 0.25) is 0 Å². The lowest BCUT2D eigenvalue weighted by molar-refractivity contribution is -0.119. The summed E-state index contributed by atoms with van der Waals surface area (Å²) in [6.07, 6.45) is 0. The molecule has 0 radical (unpaired) electrons. The number of amides is 2. The molecule has 0 aliphatic carbocycles. The fraction of sp³-hybridized carbons (Fsp3) is 0.467. The minimum absolute atomic E-state index is 0. The average molecular weight is 314 g/mol. The summed E-state index contributed by atoms with van der Waals surface area (Å²) in [6, 6.07) is 5.32. The molecule has 1 aromatic rings. The molecule has 1 unspecified atom stereocenters. The Morgan fingerprint density at radius 2 is 1.86 bits per heavy atom. The third-order valence-corrected chi connectivity index (χ3v) is 2.96. The van der Waals surface area contributed by atoms with Gasteiger partial charge in [0.05, 0.1) is 0 Å². The number of hydrogen-bond acceptors (Lipinski definition) is 3. The fourth-order valence-corrected chi connectivity index (χ4v) is 1.71. The predicted molar refractivity (Wildman–Crippen MR) is 87.9 cm³/mol. The molecule has 5 nitrogen and oxygen atoms in total. The molecule has 6 heteroatoms. The lowest BCUT2D eigenvalue weighted by Crippen LogP contribution is -2.30. The molecule has 0 bridgehead atoms. The van der Waals surface area contributed by atoms with Gasteiger partial charge in [0.25, 0.3) is 5.91 Å². The summed E-state index contributed by atoms with van der Waals surface area (Å²) in [4.78, 5) is 23.7. The van der Waals surface area contributed by atoms with E-state index in [-0.39, 0.29) is 36.2 Å². The van der Waals surface area contributed by atoms with Crippen LogP contribution in [0, 0.1) is 12.8 Å². The number of anilines is 1. The topological polar surface area (TPSA) is 84.2 Å². The van der Waals surface area contributed by atoms with Crippen molar-refractivity contribution in [1.82, 2.24) is 5.32 Å². The normalized spacial score (nSPS) is 11.5. The Balaban J connectivity index is 0.00000400. The van der Waals surface area contributed by atoms with Gasteiger partial charge in [0, 0.05) is 29.8 Å². The molecule has 0 saturated carbocycles. The third kappa shape index (κ3) is 5.73. The molecule has 118 valence electrons. The fourth-order valence-electron chi connectivity index (χ4n) is 1.71. The highest BCUT2D eigenvalue weighted by atomic mass is 35.5. The molecule has 0 spiro atoms. The Morgan fingerprint density at radius 1 is 1.24 bits per heavy atom. The standard InChI is InChI=1S/C15H23N3O2.ClH/c1-9(2)17-15(20)13-6-5-12(7-10(13)3)18-14(19)11(4)8-16;/h5-7,9,11H,8,16H2,1-4H3,(H,17,20)(H,18,19);1H. The second-order valence-corrected chi connectivity index (χ2v) is 5.28. The van der Waals surface area contributed by atoms with E-state index in [1.54, 1.807) is 25.1 Å². The van der Waals surface area contributed by atoms with E-state index in [1.165, 1.54) is 0 Å². The van der Waals surface area contributed by atoms with Crippen LogP contribution < -0.4 is 16.4 Å². The molecular formula is C15H24ClN3O2. The van der Waals surface area contributed by atoms with Crippen LogP contribution >= 0.6 is 12.4 Å². The lowest BCUT2D eigenvalue weighted by atomic mass is 10.1. The van der Waals surface area contributed by atoms with Crippen LogP contribution in [0.15, 0.2) is 18.2 Å². The van der Waals surface area contributed by atoms with Crippen molar-refractivity contribution in [1.29, 1.82) is 0 Å². The van der Waals surface area contributed by atoms with Crippen molar-refractivity contribution >= 4 is 29.9 Å². The number of benzene rings is 1. The minimum Gasteiger partial charge on any atom is -0.350 e. The van der Waals surface area contributed by atoms with E-state index < -0.39 is 0 Å². The van der Waals surface area contributed by atoms with Crippen molar-refractivity contribution < 1.29 is 9.59 Å². The van der Waals surface area contributed by atoms with Crippen LogP contribution in [-0.4, -0.2) is 24.4 Å². The van der Waals surface area contributed by atoms with Gasteiger partial charge in [-0.05, 0) is 44.5 Å². The summed E-state index contributed by atoms with van der Waals surface area (Å²) in [6.45, 7) is 7.75. The summed E-state index contributed by atoms with van der Waals surface area (Å²) in [5.41, 5.74) is 7.56. The zero-order valence-electron chi connectivity index (χ0n) is 12.9. The van der Waals surface area contributed by atoms with Gasteiger partial charge in [-0.25, -0.2) is 0 Å². The van der Waals surface area contributed by atoms with Crippen LogP contribution in [-0.2, 0) is 4.79 Å². The average Bonchev–Trinajstić information content (AvgIpc) is 2.36. The van der Waals surface area contributed by atoms with Crippen molar-refractivity contribution in [3.63, 3.8) is 0 Å². The van der Waals surface area contributed by atoms with E-state index in [0.29, 0.717) is 17.8 Å². The third-order valence-electron chi connectivity index (χ3n) is 2.96. The number of carbonyl (C=O) groups excluding carboxylic acids is 2. The van der Waals surface area contributed by atoms with E-state index in [1.807, 2.05) is 20.8 Å². The largest absolute Gasteiger partial charge is 0.350 e. The molecule has 2 amide bonds. The molecule has 0 aromatic heterocycles. The van der Waals surface area contributed by atoms with E-state index in [2.05, 4.69) is 10.6 Å². The molecule has 0 aliphatic rings. The van der Waals surface area contributed by atoms with E-state index in [4.69, 9.17) is 5.73 Å². The number of halogens is 1. The molecule has 0 heterocycles. The maximum Gasteiger partial charge on any atom is 0.251 e. The number of nitrogens with one attached hydrogen (secondary N) is 2. The summed E-state index contributed by atoms with van der Waals surface area (Å²) < 4.78 is 0. The maximum absolute atomic E-state index is 11.9. The number of carbonyl (C=O) groups is 2. The SMILES string of the molecule is Cc1cc(NC(=O)C(C)CN)ccc1C(=O)NC(C)C.Cl. The van der Waals surface area contributed by atoms with Gasteiger partial charge in [-0.1, -0.05) is 6.92 Å². The van der Waals surface area contributed by atoms with Gasteiger partial charge in [0.1, 0.15) is 0 Å². The first-order valence-electron chi connectivity index (χ1n) is 6.77. The Hall–Kier alpha value is -1.59. The second kappa shape index (κ2) is 8.64. The zero-order valence-corrected chi connectivity index (χ0v) is 13.7. The maximum atomic E-state index is 11.9. The van der Waals surface area contributed by atoms with Crippen molar-refractivity contribution in [2.45, 2.75) is 33.7 Å². The van der Waals surface area contributed by atoms with Crippen LogP contribution in [0.4, 0.5) is 5.69 Å².